The van der Waals surface area contributed by atoms with E-state index in [1.54, 1.807) is 42.6 Å². The normalized spacial score (nSPS) is 11.6. The lowest BCUT2D eigenvalue weighted by molar-refractivity contribution is -0.142. The highest BCUT2D eigenvalue weighted by Crippen LogP contribution is 2.35. The lowest BCUT2D eigenvalue weighted by Gasteiger charge is -2.19. The molecule has 0 radical (unpaired) electrons. The van der Waals surface area contributed by atoms with E-state index in [4.69, 9.17) is 21.6 Å². The number of esters is 1. The maximum absolute atomic E-state index is 14.5. The number of hydrogen-bond acceptors (Lipinski definition) is 6. The number of fused-ring (bicyclic) bond motifs is 1. The molecule has 7 nitrogen and oxygen atoms in total. The van der Waals surface area contributed by atoms with E-state index in [1.165, 1.54) is 6.07 Å². The summed E-state index contributed by atoms with van der Waals surface area (Å²) in [5.74, 6) is -3.76. The van der Waals surface area contributed by atoms with Gasteiger partial charge in [0.1, 0.15) is 23.2 Å². The number of alkyl halides is 2. The summed E-state index contributed by atoms with van der Waals surface area (Å²) in [6.45, 7) is -3.29. The number of hydrogen-bond donors (Lipinski definition) is 1. The van der Waals surface area contributed by atoms with Gasteiger partial charge in [0.05, 0.1) is 24.3 Å². The molecule has 4 rings (SSSR count). The highest BCUT2D eigenvalue weighted by molar-refractivity contribution is 6.33. The summed E-state index contributed by atoms with van der Waals surface area (Å²) in [6.07, 6.45) is 1.48. The van der Waals surface area contributed by atoms with Crippen LogP contribution in [0.4, 0.5) is 13.2 Å². The molecule has 0 fully saturated rings. The van der Waals surface area contributed by atoms with E-state index in [0.29, 0.717) is 38.2 Å². The van der Waals surface area contributed by atoms with Crippen LogP contribution in [0.5, 0.6) is 5.75 Å². The minimum atomic E-state index is -3.29. The number of amides is 1. The fourth-order valence-corrected chi connectivity index (χ4v) is 4.42. The van der Waals surface area contributed by atoms with Crippen molar-refractivity contribution in [2.75, 3.05) is 7.11 Å². The Bertz CT molecular complexity index is 1610. The van der Waals surface area contributed by atoms with Gasteiger partial charge in [-0.15, -0.1) is 0 Å². The van der Waals surface area contributed by atoms with Crippen molar-refractivity contribution < 1.29 is 32.2 Å². The number of carbonyl (C=O) groups excluding carboxylic acids is 2. The monoisotopic (exact) mass is 553 g/mol. The Morgan fingerprint density at radius 1 is 1.10 bits per heavy atom. The number of ether oxygens (including phenoxy) is 2. The lowest BCUT2D eigenvalue weighted by Crippen LogP contribution is -2.43. The first-order valence-corrected chi connectivity index (χ1v) is 11.8. The van der Waals surface area contributed by atoms with Crippen molar-refractivity contribution in [2.24, 2.45) is 0 Å². The van der Waals surface area contributed by atoms with Gasteiger partial charge in [-0.2, -0.15) is 14.0 Å². The average molecular weight is 554 g/mol. The molecule has 1 amide bonds. The third kappa shape index (κ3) is 5.94. The molecule has 4 aromatic rings. The van der Waals surface area contributed by atoms with E-state index in [0.717, 1.165) is 25.3 Å². The summed E-state index contributed by atoms with van der Waals surface area (Å²) in [5, 5.41) is 12.5. The molecule has 0 aliphatic carbocycles. The van der Waals surface area contributed by atoms with Crippen LogP contribution in [0.15, 0.2) is 66.9 Å². The van der Waals surface area contributed by atoms with Gasteiger partial charge >= 0.3 is 12.6 Å². The number of methoxy groups -OCH3 is 1. The Balaban J connectivity index is 1.71. The van der Waals surface area contributed by atoms with Gasteiger partial charge in [-0.25, -0.2) is 9.18 Å². The Morgan fingerprint density at radius 3 is 2.56 bits per heavy atom. The molecule has 0 saturated heterocycles. The molecule has 1 heterocycles. The second kappa shape index (κ2) is 11.8. The second-order valence-electron chi connectivity index (χ2n) is 8.22. The molecule has 0 unspecified atom stereocenters. The van der Waals surface area contributed by atoms with Gasteiger partial charge in [0.2, 0.25) is 0 Å². The summed E-state index contributed by atoms with van der Waals surface area (Å²) in [4.78, 5) is 30.0. The molecule has 0 bridgehead atoms. The number of nitriles is 1. The number of rotatable bonds is 8. The topological polar surface area (TPSA) is 101 Å². The van der Waals surface area contributed by atoms with E-state index >= 15 is 0 Å². The summed E-state index contributed by atoms with van der Waals surface area (Å²) in [6, 6.07) is 15.5. The van der Waals surface area contributed by atoms with Gasteiger partial charge in [-0.3, -0.25) is 9.78 Å². The molecule has 1 aromatic heterocycles. The number of pyridine rings is 1. The van der Waals surface area contributed by atoms with E-state index in [-0.39, 0.29) is 6.42 Å². The maximum Gasteiger partial charge on any atom is 0.387 e. The molecule has 3 aromatic carbocycles. The Hall–Kier alpha value is -4.62. The number of nitrogens with zero attached hydrogens (tertiary/aromatic N) is 2. The highest BCUT2D eigenvalue weighted by Gasteiger charge is 2.28. The second-order valence-corrected chi connectivity index (χ2v) is 8.63. The first kappa shape index (κ1) is 27.4. The molecule has 0 aliphatic heterocycles. The van der Waals surface area contributed by atoms with Crippen LogP contribution in [0.1, 0.15) is 21.5 Å². The number of nitrogens with one attached hydrogen (secondary N) is 1. The lowest BCUT2D eigenvalue weighted by atomic mass is 9.94. The Kier molecular flexibility index (Phi) is 8.32. The predicted molar refractivity (Wildman–Crippen MR) is 137 cm³/mol. The molecular formula is C28H19ClF3N3O4. The zero-order valence-corrected chi connectivity index (χ0v) is 21.0. The smallest absolute Gasteiger partial charge is 0.387 e. The molecule has 11 heteroatoms. The molecule has 1 atom stereocenters. The van der Waals surface area contributed by atoms with Crippen LogP contribution in [0, 0.1) is 17.1 Å². The zero-order valence-electron chi connectivity index (χ0n) is 20.3. The van der Waals surface area contributed by atoms with Crippen molar-refractivity contribution in [3.8, 4) is 22.9 Å². The van der Waals surface area contributed by atoms with E-state index in [2.05, 4.69) is 15.0 Å². The van der Waals surface area contributed by atoms with E-state index in [9.17, 15) is 22.8 Å². The molecular weight excluding hydrogens is 535 g/mol. The Morgan fingerprint density at radius 2 is 1.87 bits per heavy atom. The van der Waals surface area contributed by atoms with Gasteiger partial charge in [0.15, 0.2) is 0 Å². The first-order valence-electron chi connectivity index (χ1n) is 11.4. The van der Waals surface area contributed by atoms with Gasteiger partial charge in [0.25, 0.3) is 5.91 Å². The van der Waals surface area contributed by atoms with Crippen LogP contribution in [-0.4, -0.2) is 36.6 Å². The minimum absolute atomic E-state index is 0.0958. The largest absolute Gasteiger partial charge is 0.467 e. The third-order valence-electron chi connectivity index (χ3n) is 5.88. The summed E-state index contributed by atoms with van der Waals surface area (Å²) >= 11 is 6.42. The maximum atomic E-state index is 14.5. The number of aromatic nitrogens is 1. The molecule has 0 saturated carbocycles. The number of benzene rings is 3. The standard InChI is InChI=1S/C28H19ClF3N3O4/c1-38-27(37)22(35-26(36)24-21(30)5-2-6-23(24)39-28(31)32)13-16-8-10-19(25-17(16)4-3-11-34-25)18-9-7-15(14-33)12-20(18)29/h2-12,22,28H,13H2,1H3,(H,35,36)/t22-/m0/s1. The highest BCUT2D eigenvalue weighted by atomic mass is 35.5. The van der Waals surface area contributed by atoms with Gasteiger partial charge in [-0.05, 0) is 35.9 Å². The zero-order chi connectivity index (χ0) is 28.1. The van der Waals surface area contributed by atoms with Crippen molar-refractivity contribution >= 4 is 34.4 Å². The van der Waals surface area contributed by atoms with Crippen molar-refractivity contribution in [3.63, 3.8) is 0 Å². The van der Waals surface area contributed by atoms with Crippen molar-refractivity contribution in [1.29, 1.82) is 5.26 Å². The summed E-state index contributed by atoms with van der Waals surface area (Å²) < 4.78 is 49.2. The summed E-state index contributed by atoms with van der Waals surface area (Å²) in [7, 11) is 1.12. The van der Waals surface area contributed by atoms with Crippen molar-refractivity contribution in [1.82, 2.24) is 10.3 Å². The van der Waals surface area contributed by atoms with E-state index in [1.807, 2.05) is 6.07 Å². The number of halogens is 4. The first-order chi connectivity index (χ1) is 18.7. The van der Waals surface area contributed by atoms with Crippen LogP contribution in [0.3, 0.4) is 0 Å². The van der Waals surface area contributed by atoms with Crippen molar-refractivity contribution in [2.45, 2.75) is 19.1 Å². The van der Waals surface area contributed by atoms with E-state index < -0.39 is 41.7 Å². The SMILES string of the molecule is COC(=O)[C@H](Cc1ccc(-c2ccc(C#N)cc2Cl)c2ncccc12)NC(=O)c1c(F)cccc1OC(F)F. The quantitative estimate of drug-likeness (QED) is 0.282. The Labute approximate surface area is 225 Å². The van der Waals surface area contributed by atoms with Crippen LogP contribution in [0.25, 0.3) is 22.0 Å². The molecule has 1 N–H and O–H groups in total. The third-order valence-corrected chi connectivity index (χ3v) is 6.19. The van der Waals surface area contributed by atoms with Gasteiger partial charge in [-0.1, -0.05) is 41.9 Å². The number of carbonyl (C=O) groups is 2. The van der Waals surface area contributed by atoms with Crippen LogP contribution in [-0.2, 0) is 16.0 Å². The fourth-order valence-electron chi connectivity index (χ4n) is 4.13. The fraction of sp³-hybridized carbons (Fsp3) is 0.143. The van der Waals surface area contributed by atoms with Gasteiger partial charge in [0, 0.05) is 34.2 Å². The van der Waals surface area contributed by atoms with Crippen LogP contribution in [0.2, 0.25) is 5.02 Å². The molecule has 198 valence electrons. The van der Waals surface area contributed by atoms with Crippen LogP contribution >= 0.6 is 11.6 Å². The van der Waals surface area contributed by atoms with Crippen LogP contribution < -0.4 is 10.1 Å². The average Bonchev–Trinajstić information content (AvgIpc) is 2.92. The van der Waals surface area contributed by atoms with Crippen molar-refractivity contribution in [3.05, 3.63) is 94.4 Å². The minimum Gasteiger partial charge on any atom is -0.467 e. The predicted octanol–water partition coefficient (Wildman–Crippen LogP) is 5.68. The molecule has 0 aliphatic rings. The molecule has 0 spiro atoms. The molecule has 39 heavy (non-hydrogen) atoms. The van der Waals surface area contributed by atoms with Gasteiger partial charge < -0.3 is 14.8 Å². The summed E-state index contributed by atoms with van der Waals surface area (Å²) in [5.41, 5.74) is 2.05.